The molecule has 3 N–H and O–H groups in total. The van der Waals surface area contributed by atoms with E-state index in [1.165, 1.54) is 24.3 Å². The molecule has 146 valence electrons. The first-order chi connectivity index (χ1) is 13.3. The maximum atomic E-state index is 12.0. The summed E-state index contributed by atoms with van der Waals surface area (Å²) in [7, 11) is -2.19. The van der Waals surface area contributed by atoms with Crippen LogP contribution < -0.4 is 15.2 Å². The molecule has 3 aromatic rings. The van der Waals surface area contributed by atoms with E-state index < -0.39 is 10.0 Å². The summed E-state index contributed by atoms with van der Waals surface area (Å²) in [5.74, 6) is 0.787. The van der Waals surface area contributed by atoms with Gasteiger partial charge in [-0.1, -0.05) is 11.8 Å². The summed E-state index contributed by atoms with van der Waals surface area (Å²) >= 11 is 1.09. The zero-order valence-electron chi connectivity index (χ0n) is 14.7. The molecule has 0 spiro atoms. The molecule has 0 aliphatic heterocycles. The van der Waals surface area contributed by atoms with E-state index in [1.54, 1.807) is 31.4 Å². The summed E-state index contributed by atoms with van der Waals surface area (Å²) in [4.78, 5) is 12.0. The van der Waals surface area contributed by atoms with Crippen molar-refractivity contribution in [1.82, 2.24) is 10.2 Å². The summed E-state index contributed by atoms with van der Waals surface area (Å²) in [6, 6.07) is 12.7. The molecule has 0 radical (unpaired) electrons. The summed E-state index contributed by atoms with van der Waals surface area (Å²) in [5, 5.41) is 15.8. The number of hydrogen-bond acceptors (Lipinski definition) is 8. The molecule has 0 atom stereocenters. The molecular weight excluding hydrogens is 404 g/mol. The van der Waals surface area contributed by atoms with E-state index in [9.17, 15) is 13.2 Å². The highest BCUT2D eigenvalue weighted by Crippen LogP contribution is 2.25. The summed E-state index contributed by atoms with van der Waals surface area (Å²) in [6.45, 7) is 0. The van der Waals surface area contributed by atoms with E-state index in [4.69, 9.17) is 14.3 Å². The van der Waals surface area contributed by atoms with Gasteiger partial charge in [-0.2, -0.15) is 0 Å². The Kier molecular flexibility index (Phi) is 5.97. The average molecular weight is 420 g/mol. The number of nitrogens with zero attached hydrogens (tertiary/aromatic N) is 2. The number of benzene rings is 2. The van der Waals surface area contributed by atoms with E-state index in [-0.39, 0.29) is 21.8 Å². The van der Waals surface area contributed by atoms with Crippen molar-refractivity contribution in [3.05, 3.63) is 48.5 Å². The number of nitrogens with two attached hydrogens (primary N) is 1. The first-order valence-corrected chi connectivity index (χ1v) is 10.4. The van der Waals surface area contributed by atoms with Crippen LogP contribution >= 0.6 is 11.8 Å². The van der Waals surface area contributed by atoms with Gasteiger partial charge in [-0.3, -0.25) is 4.79 Å². The third kappa shape index (κ3) is 5.09. The van der Waals surface area contributed by atoms with Crippen molar-refractivity contribution in [3.8, 4) is 17.2 Å². The summed E-state index contributed by atoms with van der Waals surface area (Å²) in [6.07, 6.45) is 0. The molecule has 0 saturated heterocycles. The third-order valence-corrected chi connectivity index (χ3v) is 5.28. The quantitative estimate of drug-likeness (QED) is 0.555. The van der Waals surface area contributed by atoms with Crippen LogP contribution in [0.3, 0.4) is 0 Å². The lowest BCUT2D eigenvalue weighted by atomic mass is 10.2. The Bertz CT molecular complexity index is 1060. The highest BCUT2D eigenvalue weighted by molar-refractivity contribution is 7.99. The maximum Gasteiger partial charge on any atom is 0.277 e. The molecule has 0 bridgehead atoms. The van der Waals surface area contributed by atoms with Crippen LogP contribution in [0, 0.1) is 0 Å². The van der Waals surface area contributed by atoms with Crippen LogP contribution in [0.2, 0.25) is 0 Å². The number of nitrogens with one attached hydrogen (secondary N) is 1. The number of sulfonamides is 1. The first-order valence-electron chi connectivity index (χ1n) is 7.88. The lowest BCUT2D eigenvalue weighted by Crippen LogP contribution is -2.15. The van der Waals surface area contributed by atoms with Gasteiger partial charge in [-0.15, -0.1) is 10.2 Å². The summed E-state index contributed by atoms with van der Waals surface area (Å²) < 4.78 is 33.1. The zero-order chi connectivity index (χ0) is 20.1. The van der Waals surface area contributed by atoms with Gasteiger partial charge in [-0.05, 0) is 48.5 Å². The lowest BCUT2D eigenvalue weighted by molar-refractivity contribution is -0.113. The molecule has 28 heavy (non-hydrogen) atoms. The minimum atomic E-state index is -3.77. The molecule has 0 aliphatic rings. The highest BCUT2D eigenvalue weighted by Gasteiger charge is 2.12. The van der Waals surface area contributed by atoms with Crippen LogP contribution in [-0.2, 0) is 14.8 Å². The molecule has 0 fully saturated rings. The molecule has 0 aliphatic carbocycles. The van der Waals surface area contributed by atoms with Gasteiger partial charge in [0, 0.05) is 11.3 Å². The number of thioether (sulfide) groups is 1. The Morgan fingerprint density at radius 2 is 1.82 bits per heavy atom. The predicted molar refractivity (Wildman–Crippen MR) is 103 cm³/mol. The molecule has 1 amide bonds. The van der Waals surface area contributed by atoms with Crippen LogP contribution in [-0.4, -0.2) is 37.4 Å². The fourth-order valence-corrected chi connectivity index (χ4v) is 3.25. The topological polar surface area (TPSA) is 137 Å². The van der Waals surface area contributed by atoms with E-state index in [0.717, 1.165) is 17.3 Å². The number of methoxy groups -OCH3 is 1. The number of anilines is 1. The molecule has 1 aromatic heterocycles. The second kappa shape index (κ2) is 8.42. The van der Waals surface area contributed by atoms with Crippen molar-refractivity contribution >= 4 is 33.4 Å². The van der Waals surface area contributed by atoms with Gasteiger partial charge in [-0.25, -0.2) is 13.6 Å². The van der Waals surface area contributed by atoms with Gasteiger partial charge in [0.15, 0.2) is 0 Å². The SMILES string of the molecule is COc1ccc(-c2nnc(SCC(=O)Nc3ccc(S(N)(=O)=O)cc3)o2)cc1. The van der Waals surface area contributed by atoms with Crippen LogP contribution in [0.25, 0.3) is 11.5 Å². The van der Waals surface area contributed by atoms with Crippen molar-refractivity contribution in [3.63, 3.8) is 0 Å². The third-order valence-electron chi connectivity index (χ3n) is 3.54. The molecule has 0 saturated carbocycles. The van der Waals surface area contributed by atoms with Crippen molar-refractivity contribution in [2.75, 3.05) is 18.2 Å². The van der Waals surface area contributed by atoms with E-state index in [2.05, 4.69) is 15.5 Å². The second-order valence-electron chi connectivity index (χ2n) is 5.51. The Labute approximate surface area is 165 Å². The Hall–Kier alpha value is -2.89. The minimum absolute atomic E-state index is 0.0307. The van der Waals surface area contributed by atoms with Gasteiger partial charge in [0.05, 0.1) is 17.8 Å². The first kappa shape index (κ1) is 19.9. The Balaban J connectivity index is 1.55. The van der Waals surface area contributed by atoms with Crippen molar-refractivity contribution in [2.45, 2.75) is 10.1 Å². The molecule has 11 heteroatoms. The molecule has 1 heterocycles. The van der Waals surface area contributed by atoms with Crippen molar-refractivity contribution < 1.29 is 22.4 Å². The van der Waals surface area contributed by atoms with Gasteiger partial charge < -0.3 is 14.5 Å². The lowest BCUT2D eigenvalue weighted by Gasteiger charge is -2.05. The van der Waals surface area contributed by atoms with E-state index in [1.807, 2.05) is 0 Å². The monoisotopic (exact) mass is 420 g/mol. The van der Waals surface area contributed by atoms with Gasteiger partial charge in [0.2, 0.25) is 21.8 Å². The maximum absolute atomic E-state index is 12.0. The van der Waals surface area contributed by atoms with Gasteiger partial charge >= 0.3 is 0 Å². The summed E-state index contributed by atoms with van der Waals surface area (Å²) in [5.41, 5.74) is 1.18. The number of aromatic nitrogens is 2. The standard InChI is InChI=1S/C17H16N4O5S2/c1-25-13-6-2-11(3-7-13)16-20-21-17(26-16)27-10-15(22)19-12-4-8-14(9-5-12)28(18,23)24/h2-9H,10H2,1H3,(H,19,22)(H2,18,23,24). The average Bonchev–Trinajstić information content (AvgIpc) is 3.15. The van der Waals surface area contributed by atoms with Gasteiger partial charge in [0.25, 0.3) is 5.22 Å². The Morgan fingerprint density at radius 1 is 1.14 bits per heavy atom. The minimum Gasteiger partial charge on any atom is -0.497 e. The highest BCUT2D eigenvalue weighted by atomic mass is 32.2. The normalized spacial score (nSPS) is 11.2. The fraction of sp³-hybridized carbons (Fsp3) is 0.118. The number of rotatable bonds is 7. The fourth-order valence-electron chi connectivity index (χ4n) is 2.17. The number of carbonyl (C=O) groups is 1. The largest absolute Gasteiger partial charge is 0.497 e. The molecular formula is C17H16N4O5S2. The molecule has 2 aromatic carbocycles. The van der Waals surface area contributed by atoms with E-state index in [0.29, 0.717) is 17.3 Å². The van der Waals surface area contributed by atoms with Crippen LogP contribution in [0.15, 0.2) is 63.1 Å². The Morgan fingerprint density at radius 3 is 2.43 bits per heavy atom. The number of hydrogen-bond donors (Lipinski definition) is 2. The molecule has 9 nitrogen and oxygen atoms in total. The van der Waals surface area contributed by atoms with Crippen molar-refractivity contribution in [1.29, 1.82) is 0 Å². The number of primary sulfonamides is 1. The zero-order valence-corrected chi connectivity index (χ0v) is 16.3. The molecule has 0 unspecified atom stereocenters. The number of amides is 1. The van der Waals surface area contributed by atoms with Crippen molar-refractivity contribution in [2.24, 2.45) is 5.14 Å². The van der Waals surface area contributed by atoms with E-state index >= 15 is 0 Å². The number of ether oxygens (including phenoxy) is 1. The van der Waals surface area contributed by atoms with Crippen LogP contribution in [0.4, 0.5) is 5.69 Å². The molecule has 3 rings (SSSR count). The van der Waals surface area contributed by atoms with Gasteiger partial charge in [0.1, 0.15) is 5.75 Å². The second-order valence-corrected chi connectivity index (χ2v) is 8.00. The smallest absolute Gasteiger partial charge is 0.277 e. The van der Waals surface area contributed by atoms with Crippen LogP contribution in [0.1, 0.15) is 0 Å². The number of carbonyl (C=O) groups excluding carboxylic acids is 1. The van der Waals surface area contributed by atoms with Crippen LogP contribution in [0.5, 0.6) is 5.75 Å². The predicted octanol–water partition coefficient (Wildman–Crippen LogP) is 2.12.